The number of alkyl halides is 1. The van der Waals surface area contributed by atoms with Gasteiger partial charge >= 0.3 is 0 Å². The van der Waals surface area contributed by atoms with Gasteiger partial charge in [0.05, 0.1) is 6.10 Å². The minimum Gasteiger partial charge on any atom is -0.389 e. The van der Waals surface area contributed by atoms with Gasteiger partial charge in [0.1, 0.15) is 6.67 Å². The van der Waals surface area contributed by atoms with E-state index in [-0.39, 0.29) is 6.04 Å². The van der Waals surface area contributed by atoms with Crippen molar-refractivity contribution in [3.63, 3.8) is 0 Å². The van der Waals surface area contributed by atoms with Crippen molar-refractivity contribution in [2.45, 2.75) is 37.8 Å². The van der Waals surface area contributed by atoms with E-state index in [0.717, 1.165) is 19.4 Å². The van der Waals surface area contributed by atoms with Crippen molar-refractivity contribution in [3.8, 4) is 0 Å². The van der Waals surface area contributed by atoms with Gasteiger partial charge in [-0.1, -0.05) is 0 Å². The fourth-order valence-corrected chi connectivity index (χ4v) is 1.77. The zero-order valence-electron chi connectivity index (χ0n) is 8.64. The third kappa shape index (κ3) is 4.35. The lowest BCUT2D eigenvalue weighted by molar-refractivity contribution is 0.106. The summed E-state index contributed by atoms with van der Waals surface area (Å²) in [5.41, 5.74) is 0. The Bertz CT molecular complexity index is 128. The molecule has 0 radical (unpaired) electrons. The van der Waals surface area contributed by atoms with Gasteiger partial charge in [0.2, 0.25) is 0 Å². The van der Waals surface area contributed by atoms with E-state index in [1.165, 1.54) is 25.9 Å². The predicted octanol–water partition coefficient (Wildman–Crippen LogP) is 0.439. The van der Waals surface area contributed by atoms with Crippen molar-refractivity contribution in [1.29, 1.82) is 0 Å². The summed E-state index contributed by atoms with van der Waals surface area (Å²) in [7, 11) is 0. The van der Waals surface area contributed by atoms with E-state index >= 15 is 0 Å². The van der Waals surface area contributed by atoms with Crippen LogP contribution in [0.25, 0.3) is 0 Å². The lowest BCUT2D eigenvalue weighted by atomic mass is 10.1. The number of halogens is 1. The van der Waals surface area contributed by atoms with Gasteiger partial charge in [-0.25, -0.2) is 4.39 Å². The zero-order chi connectivity index (χ0) is 10.2. The monoisotopic (exact) mass is 204 g/mol. The molecule has 0 aromatic heterocycles. The van der Waals surface area contributed by atoms with Crippen LogP contribution in [0.1, 0.15) is 25.7 Å². The molecule has 0 saturated carbocycles. The van der Waals surface area contributed by atoms with Crippen LogP contribution in [0.4, 0.5) is 4.39 Å². The van der Waals surface area contributed by atoms with Crippen LogP contribution in [-0.2, 0) is 0 Å². The van der Waals surface area contributed by atoms with Gasteiger partial charge in [-0.15, -0.1) is 0 Å². The molecule has 2 aliphatic rings. The number of hydrogen-bond acceptors (Lipinski definition) is 3. The second-order valence-corrected chi connectivity index (χ2v) is 3.88. The van der Waals surface area contributed by atoms with Gasteiger partial charge in [-0.05, 0) is 45.3 Å². The molecular weight excluding hydrogens is 183 g/mol. The SMILES string of the molecule is C1CCNC1.O[C@H](CF)[C@@H]1CCCN1. The molecule has 2 rings (SSSR count). The predicted molar refractivity (Wildman–Crippen MR) is 55.1 cm³/mol. The maximum absolute atomic E-state index is 11.7. The van der Waals surface area contributed by atoms with Gasteiger partial charge in [-0.2, -0.15) is 0 Å². The summed E-state index contributed by atoms with van der Waals surface area (Å²) in [4.78, 5) is 0. The normalized spacial score (nSPS) is 28.3. The molecule has 2 saturated heterocycles. The van der Waals surface area contributed by atoms with Gasteiger partial charge in [-0.3, -0.25) is 0 Å². The van der Waals surface area contributed by atoms with Crippen LogP contribution in [0.5, 0.6) is 0 Å². The molecule has 2 fully saturated rings. The Morgan fingerprint density at radius 3 is 2.29 bits per heavy atom. The van der Waals surface area contributed by atoms with Gasteiger partial charge < -0.3 is 15.7 Å². The van der Waals surface area contributed by atoms with E-state index in [4.69, 9.17) is 5.11 Å². The van der Waals surface area contributed by atoms with Crippen molar-refractivity contribution >= 4 is 0 Å². The number of aliphatic hydroxyl groups excluding tert-OH is 1. The molecule has 4 heteroatoms. The fraction of sp³-hybridized carbons (Fsp3) is 1.00. The number of hydrogen-bond donors (Lipinski definition) is 3. The van der Waals surface area contributed by atoms with E-state index in [1.54, 1.807) is 0 Å². The Kier molecular flexibility index (Phi) is 6.07. The summed E-state index contributed by atoms with van der Waals surface area (Å²) in [6, 6.07) is 0.00926. The second-order valence-electron chi connectivity index (χ2n) is 3.88. The molecule has 0 amide bonds. The van der Waals surface area contributed by atoms with Crippen LogP contribution in [0.15, 0.2) is 0 Å². The Morgan fingerprint density at radius 2 is 1.93 bits per heavy atom. The molecule has 3 nitrogen and oxygen atoms in total. The van der Waals surface area contributed by atoms with Crippen LogP contribution in [-0.4, -0.2) is 43.6 Å². The molecule has 0 unspecified atom stereocenters. The van der Waals surface area contributed by atoms with E-state index in [0.29, 0.717) is 0 Å². The molecule has 84 valence electrons. The first-order valence-corrected chi connectivity index (χ1v) is 5.52. The molecule has 14 heavy (non-hydrogen) atoms. The Balaban J connectivity index is 0.000000165. The molecular formula is C10H21FN2O. The summed E-state index contributed by atoms with van der Waals surface area (Å²) in [6.07, 6.45) is 3.96. The highest BCUT2D eigenvalue weighted by molar-refractivity contribution is 4.80. The van der Waals surface area contributed by atoms with E-state index < -0.39 is 12.8 Å². The minimum absolute atomic E-state index is 0.00926. The third-order valence-corrected chi connectivity index (χ3v) is 2.68. The number of nitrogens with one attached hydrogen (secondary N) is 2. The number of rotatable bonds is 2. The van der Waals surface area contributed by atoms with E-state index in [2.05, 4.69) is 10.6 Å². The maximum atomic E-state index is 11.7. The maximum Gasteiger partial charge on any atom is 0.117 e. The summed E-state index contributed by atoms with van der Waals surface area (Å²) >= 11 is 0. The third-order valence-electron chi connectivity index (χ3n) is 2.68. The Morgan fingerprint density at radius 1 is 1.21 bits per heavy atom. The van der Waals surface area contributed by atoms with Crippen molar-refractivity contribution in [2.75, 3.05) is 26.3 Å². The van der Waals surface area contributed by atoms with Crippen LogP contribution in [0.2, 0.25) is 0 Å². The smallest absolute Gasteiger partial charge is 0.117 e. The second kappa shape index (κ2) is 7.15. The Labute approximate surface area is 85.1 Å². The minimum atomic E-state index is -0.785. The van der Waals surface area contributed by atoms with Gasteiger partial charge in [0, 0.05) is 6.04 Å². The topological polar surface area (TPSA) is 44.3 Å². The Hall–Kier alpha value is -0.190. The standard InChI is InChI=1S/C6H12FNO.C4H9N/c7-4-6(9)5-2-1-3-8-5;1-2-4-5-3-1/h5-6,8-9H,1-4H2;5H,1-4H2/t5-,6+;/m0./s1. The van der Waals surface area contributed by atoms with E-state index in [9.17, 15) is 4.39 Å². The van der Waals surface area contributed by atoms with Gasteiger partial charge in [0.15, 0.2) is 0 Å². The number of aliphatic hydroxyl groups is 1. The molecule has 0 aromatic carbocycles. The molecule has 3 N–H and O–H groups in total. The van der Waals surface area contributed by atoms with Crippen LogP contribution >= 0.6 is 0 Å². The highest BCUT2D eigenvalue weighted by Gasteiger charge is 2.21. The molecule has 2 atom stereocenters. The summed E-state index contributed by atoms with van der Waals surface area (Å²) < 4.78 is 11.7. The van der Waals surface area contributed by atoms with Crippen LogP contribution < -0.4 is 10.6 Å². The fourth-order valence-electron chi connectivity index (χ4n) is 1.77. The first kappa shape index (κ1) is 11.9. The molecule has 0 aromatic rings. The van der Waals surface area contributed by atoms with Crippen LogP contribution in [0, 0.1) is 0 Å². The molecule has 0 bridgehead atoms. The average molecular weight is 204 g/mol. The van der Waals surface area contributed by atoms with Gasteiger partial charge in [0.25, 0.3) is 0 Å². The molecule has 0 spiro atoms. The zero-order valence-corrected chi connectivity index (χ0v) is 8.64. The van der Waals surface area contributed by atoms with E-state index in [1.807, 2.05) is 0 Å². The summed E-state index contributed by atoms with van der Waals surface area (Å²) in [6.45, 7) is 2.79. The van der Waals surface area contributed by atoms with Crippen molar-refractivity contribution in [3.05, 3.63) is 0 Å². The highest BCUT2D eigenvalue weighted by atomic mass is 19.1. The average Bonchev–Trinajstić information content (AvgIpc) is 2.91. The summed E-state index contributed by atoms with van der Waals surface area (Å²) in [5, 5.41) is 15.2. The lowest BCUT2D eigenvalue weighted by Gasteiger charge is -2.13. The first-order chi connectivity index (χ1) is 6.84. The van der Waals surface area contributed by atoms with Crippen molar-refractivity contribution < 1.29 is 9.50 Å². The molecule has 0 aliphatic carbocycles. The first-order valence-electron chi connectivity index (χ1n) is 5.52. The quantitative estimate of drug-likeness (QED) is 0.611. The van der Waals surface area contributed by atoms with Crippen molar-refractivity contribution in [2.24, 2.45) is 0 Å². The van der Waals surface area contributed by atoms with Crippen molar-refractivity contribution in [1.82, 2.24) is 10.6 Å². The molecule has 2 aliphatic heterocycles. The highest BCUT2D eigenvalue weighted by Crippen LogP contribution is 2.08. The summed E-state index contributed by atoms with van der Waals surface area (Å²) in [5.74, 6) is 0. The largest absolute Gasteiger partial charge is 0.389 e. The lowest BCUT2D eigenvalue weighted by Crippen LogP contribution is -2.35. The van der Waals surface area contributed by atoms with Crippen LogP contribution in [0.3, 0.4) is 0 Å². The molecule has 2 heterocycles.